The first-order valence-electron chi connectivity index (χ1n) is 5.77. The average Bonchev–Trinajstić information content (AvgIpc) is 2.71. The van der Waals surface area contributed by atoms with Crippen LogP contribution < -0.4 is 10.6 Å². The highest BCUT2D eigenvalue weighted by molar-refractivity contribution is 9.10. The number of halogens is 2. The number of benzene rings is 1. The SMILES string of the molecule is CNCCN1CC(c2cc(Br)ccc2F)NC1=O. The van der Waals surface area contributed by atoms with Gasteiger partial charge in [0.25, 0.3) is 0 Å². The van der Waals surface area contributed by atoms with E-state index in [0.717, 1.165) is 11.0 Å². The van der Waals surface area contributed by atoms with Gasteiger partial charge in [-0.05, 0) is 25.2 Å². The predicted octanol–water partition coefficient (Wildman–Crippen LogP) is 1.87. The summed E-state index contributed by atoms with van der Waals surface area (Å²) in [4.78, 5) is 13.4. The maximum atomic E-state index is 13.7. The maximum absolute atomic E-state index is 13.7. The Labute approximate surface area is 114 Å². The molecule has 2 rings (SSSR count). The van der Waals surface area contributed by atoms with Gasteiger partial charge in [0.15, 0.2) is 0 Å². The first-order chi connectivity index (χ1) is 8.61. The Hall–Kier alpha value is -1.14. The monoisotopic (exact) mass is 315 g/mol. The van der Waals surface area contributed by atoms with Gasteiger partial charge in [0, 0.05) is 29.7 Å². The second kappa shape index (κ2) is 5.67. The lowest BCUT2D eigenvalue weighted by molar-refractivity contribution is 0.218. The molecule has 1 aromatic rings. The number of likely N-dealkylation sites (N-methyl/N-ethyl adjacent to an activating group) is 1. The molecule has 4 nitrogen and oxygen atoms in total. The third-order valence-electron chi connectivity index (χ3n) is 2.95. The summed E-state index contributed by atoms with van der Waals surface area (Å²) in [5.74, 6) is -0.293. The zero-order chi connectivity index (χ0) is 13.1. The molecular formula is C12H15BrFN3O. The Morgan fingerprint density at radius 3 is 3.11 bits per heavy atom. The van der Waals surface area contributed by atoms with Gasteiger partial charge in [-0.2, -0.15) is 0 Å². The van der Waals surface area contributed by atoms with Crippen molar-refractivity contribution in [1.29, 1.82) is 0 Å². The number of hydrogen-bond donors (Lipinski definition) is 2. The van der Waals surface area contributed by atoms with Crippen LogP contribution in [0.25, 0.3) is 0 Å². The molecule has 1 aromatic carbocycles. The first kappa shape index (κ1) is 13.3. The molecule has 1 aliphatic heterocycles. The highest BCUT2D eigenvalue weighted by Gasteiger charge is 2.30. The van der Waals surface area contributed by atoms with Crippen LogP contribution in [0, 0.1) is 5.82 Å². The summed E-state index contributed by atoms with van der Waals surface area (Å²) >= 11 is 3.31. The summed E-state index contributed by atoms with van der Waals surface area (Å²) in [7, 11) is 1.83. The topological polar surface area (TPSA) is 44.4 Å². The molecule has 18 heavy (non-hydrogen) atoms. The van der Waals surface area contributed by atoms with Crippen LogP contribution in [0.5, 0.6) is 0 Å². The van der Waals surface area contributed by atoms with E-state index in [4.69, 9.17) is 0 Å². The minimum atomic E-state index is -0.293. The van der Waals surface area contributed by atoms with E-state index in [2.05, 4.69) is 26.6 Å². The number of hydrogen-bond acceptors (Lipinski definition) is 2. The van der Waals surface area contributed by atoms with Gasteiger partial charge < -0.3 is 15.5 Å². The zero-order valence-electron chi connectivity index (χ0n) is 10.0. The van der Waals surface area contributed by atoms with E-state index in [-0.39, 0.29) is 17.9 Å². The molecule has 0 radical (unpaired) electrons. The van der Waals surface area contributed by atoms with Gasteiger partial charge in [0.2, 0.25) is 0 Å². The highest BCUT2D eigenvalue weighted by Crippen LogP contribution is 2.25. The van der Waals surface area contributed by atoms with Crippen LogP contribution in [0.1, 0.15) is 11.6 Å². The van der Waals surface area contributed by atoms with Crippen molar-refractivity contribution >= 4 is 22.0 Å². The standard InChI is InChI=1S/C12H15BrFN3O/c1-15-4-5-17-7-11(16-12(17)18)9-6-8(13)2-3-10(9)14/h2-3,6,11,15H,4-5,7H2,1H3,(H,16,18). The van der Waals surface area contributed by atoms with E-state index >= 15 is 0 Å². The summed E-state index contributed by atoms with van der Waals surface area (Å²) < 4.78 is 14.5. The van der Waals surface area contributed by atoms with Gasteiger partial charge in [-0.25, -0.2) is 9.18 Å². The quantitative estimate of drug-likeness (QED) is 0.891. The van der Waals surface area contributed by atoms with Crippen LogP contribution in [-0.4, -0.2) is 37.6 Å². The van der Waals surface area contributed by atoms with Crippen molar-refractivity contribution < 1.29 is 9.18 Å². The third-order valence-corrected chi connectivity index (χ3v) is 3.45. The Morgan fingerprint density at radius 2 is 2.39 bits per heavy atom. The van der Waals surface area contributed by atoms with Gasteiger partial charge in [0.05, 0.1) is 6.04 Å². The minimum absolute atomic E-state index is 0.144. The fourth-order valence-corrected chi connectivity index (χ4v) is 2.37. The minimum Gasteiger partial charge on any atom is -0.329 e. The Balaban J connectivity index is 2.11. The smallest absolute Gasteiger partial charge is 0.318 e. The van der Waals surface area contributed by atoms with Crippen molar-refractivity contribution in [2.24, 2.45) is 0 Å². The molecule has 1 saturated heterocycles. The largest absolute Gasteiger partial charge is 0.329 e. The van der Waals surface area contributed by atoms with Crippen LogP contribution >= 0.6 is 15.9 Å². The molecule has 1 unspecified atom stereocenters. The summed E-state index contributed by atoms with van der Waals surface area (Å²) in [6.45, 7) is 1.84. The lowest BCUT2D eigenvalue weighted by Crippen LogP contribution is -2.33. The lowest BCUT2D eigenvalue weighted by Gasteiger charge is -2.14. The lowest BCUT2D eigenvalue weighted by atomic mass is 10.1. The molecule has 98 valence electrons. The van der Waals surface area contributed by atoms with Gasteiger partial charge >= 0.3 is 6.03 Å². The normalized spacial score (nSPS) is 19.2. The average molecular weight is 316 g/mol. The van der Waals surface area contributed by atoms with Crippen LogP contribution in [0.15, 0.2) is 22.7 Å². The maximum Gasteiger partial charge on any atom is 0.318 e. The molecule has 1 heterocycles. The van der Waals surface area contributed by atoms with Gasteiger partial charge in [0.1, 0.15) is 5.82 Å². The fraction of sp³-hybridized carbons (Fsp3) is 0.417. The van der Waals surface area contributed by atoms with E-state index in [0.29, 0.717) is 18.7 Å². The van der Waals surface area contributed by atoms with Crippen molar-refractivity contribution in [3.05, 3.63) is 34.1 Å². The second-order valence-corrected chi connectivity index (χ2v) is 5.13. The molecule has 1 aliphatic rings. The summed E-state index contributed by atoms with van der Waals surface area (Å²) in [5.41, 5.74) is 0.518. The third kappa shape index (κ3) is 2.81. The molecule has 0 saturated carbocycles. The number of rotatable bonds is 4. The molecule has 0 aliphatic carbocycles. The number of carbonyl (C=O) groups excluding carboxylic acids is 1. The van der Waals surface area contributed by atoms with Gasteiger partial charge in [-0.15, -0.1) is 0 Å². The van der Waals surface area contributed by atoms with Gasteiger partial charge in [-0.1, -0.05) is 15.9 Å². The molecule has 0 spiro atoms. The van der Waals surface area contributed by atoms with E-state index in [9.17, 15) is 9.18 Å². The van der Waals surface area contributed by atoms with Crippen molar-refractivity contribution in [3.8, 4) is 0 Å². The number of nitrogens with zero attached hydrogens (tertiary/aromatic N) is 1. The molecule has 0 bridgehead atoms. The summed E-state index contributed by atoms with van der Waals surface area (Å²) in [6, 6.07) is 4.33. The zero-order valence-corrected chi connectivity index (χ0v) is 11.6. The predicted molar refractivity (Wildman–Crippen MR) is 70.9 cm³/mol. The van der Waals surface area contributed by atoms with Crippen LogP contribution in [0.2, 0.25) is 0 Å². The number of nitrogens with one attached hydrogen (secondary N) is 2. The summed E-state index contributed by atoms with van der Waals surface area (Å²) in [6.07, 6.45) is 0. The number of carbonyl (C=O) groups is 1. The molecule has 1 fully saturated rings. The molecule has 1 atom stereocenters. The second-order valence-electron chi connectivity index (χ2n) is 4.22. The van der Waals surface area contributed by atoms with Crippen molar-refractivity contribution in [2.45, 2.75) is 6.04 Å². The Bertz CT molecular complexity index is 455. The summed E-state index contributed by atoms with van der Waals surface area (Å²) in [5, 5.41) is 5.78. The van der Waals surface area contributed by atoms with E-state index < -0.39 is 0 Å². The number of urea groups is 1. The molecule has 0 aromatic heterocycles. The highest BCUT2D eigenvalue weighted by atomic mass is 79.9. The molecular weight excluding hydrogens is 301 g/mol. The van der Waals surface area contributed by atoms with Crippen LogP contribution in [0.3, 0.4) is 0 Å². The molecule has 2 N–H and O–H groups in total. The van der Waals surface area contributed by atoms with E-state index in [1.54, 1.807) is 17.0 Å². The van der Waals surface area contributed by atoms with Crippen LogP contribution in [-0.2, 0) is 0 Å². The van der Waals surface area contributed by atoms with Crippen LogP contribution in [0.4, 0.5) is 9.18 Å². The van der Waals surface area contributed by atoms with Crippen molar-refractivity contribution in [3.63, 3.8) is 0 Å². The number of amides is 2. The van der Waals surface area contributed by atoms with Gasteiger partial charge in [-0.3, -0.25) is 0 Å². The Morgan fingerprint density at radius 1 is 1.61 bits per heavy atom. The van der Waals surface area contributed by atoms with E-state index in [1.807, 2.05) is 7.05 Å². The molecule has 6 heteroatoms. The van der Waals surface area contributed by atoms with Crippen molar-refractivity contribution in [1.82, 2.24) is 15.5 Å². The van der Waals surface area contributed by atoms with Crippen molar-refractivity contribution in [2.75, 3.05) is 26.7 Å². The van der Waals surface area contributed by atoms with E-state index in [1.165, 1.54) is 6.07 Å². The first-order valence-corrected chi connectivity index (χ1v) is 6.56. The Kier molecular flexibility index (Phi) is 4.19. The fourth-order valence-electron chi connectivity index (χ4n) is 1.99. The molecule has 2 amide bonds.